The molecule has 6 heteroatoms. The summed E-state index contributed by atoms with van der Waals surface area (Å²) in [6.07, 6.45) is 0.554. The lowest BCUT2D eigenvalue weighted by molar-refractivity contribution is 0.0730. The first-order valence-corrected chi connectivity index (χ1v) is 10.1. The second-order valence-corrected chi connectivity index (χ2v) is 7.51. The Balaban J connectivity index is 1.55. The van der Waals surface area contributed by atoms with Gasteiger partial charge in [0.15, 0.2) is 17.3 Å². The minimum absolute atomic E-state index is 0.142. The fourth-order valence-corrected chi connectivity index (χ4v) is 4.06. The van der Waals surface area contributed by atoms with Gasteiger partial charge < -0.3 is 14.7 Å². The zero-order valence-corrected chi connectivity index (χ0v) is 17.1. The van der Waals surface area contributed by atoms with E-state index in [4.69, 9.17) is 4.74 Å². The first-order chi connectivity index (χ1) is 15.2. The molecular weight excluding hydrogens is 390 g/mol. The van der Waals surface area contributed by atoms with Crippen molar-refractivity contribution < 1.29 is 14.6 Å². The zero-order chi connectivity index (χ0) is 21.4. The Hall–Kier alpha value is -3.93. The number of rotatable bonds is 3. The van der Waals surface area contributed by atoms with Gasteiger partial charge in [0.2, 0.25) is 0 Å². The molecule has 31 heavy (non-hydrogen) atoms. The van der Waals surface area contributed by atoms with Crippen LogP contribution in [0.4, 0.5) is 0 Å². The van der Waals surface area contributed by atoms with Gasteiger partial charge in [-0.25, -0.2) is 9.97 Å². The number of carbonyl (C=O) groups excluding carboxylic acids is 1. The first kappa shape index (κ1) is 19.1. The number of hydrogen-bond acceptors (Lipinski definition) is 5. The number of hydrogen-bond donors (Lipinski definition) is 1. The van der Waals surface area contributed by atoms with Crippen LogP contribution in [0.2, 0.25) is 0 Å². The van der Waals surface area contributed by atoms with Crippen molar-refractivity contribution in [3.8, 4) is 22.9 Å². The van der Waals surface area contributed by atoms with Crippen LogP contribution in [0, 0.1) is 0 Å². The molecule has 1 aromatic heterocycles. The summed E-state index contributed by atoms with van der Waals surface area (Å²) in [4.78, 5) is 24.7. The maximum absolute atomic E-state index is 13.6. The molecule has 5 rings (SSSR count). The molecule has 0 atom stereocenters. The molecule has 6 nitrogen and oxygen atoms in total. The number of para-hydroxylation sites is 1. The normalized spacial score (nSPS) is 13.1. The van der Waals surface area contributed by atoms with Gasteiger partial charge in [-0.05, 0) is 24.1 Å². The third-order valence-electron chi connectivity index (χ3n) is 5.68. The summed E-state index contributed by atoms with van der Waals surface area (Å²) in [5.74, 6) is 0.998. The van der Waals surface area contributed by atoms with Crippen molar-refractivity contribution in [3.05, 3.63) is 83.6 Å². The highest BCUT2D eigenvalue weighted by molar-refractivity contribution is 6.05. The van der Waals surface area contributed by atoms with Crippen LogP contribution in [0.15, 0.2) is 66.7 Å². The predicted octanol–water partition coefficient (Wildman–Crippen LogP) is 4.21. The number of benzene rings is 3. The summed E-state index contributed by atoms with van der Waals surface area (Å²) in [7, 11) is 1.53. The third-order valence-corrected chi connectivity index (χ3v) is 5.68. The summed E-state index contributed by atoms with van der Waals surface area (Å²) in [5, 5.41) is 11.2. The van der Waals surface area contributed by atoms with Crippen molar-refractivity contribution in [2.45, 2.75) is 13.0 Å². The van der Waals surface area contributed by atoms with E-state index >= 15 is 0 Å². The standard InChI is InChI=1S/C25H21N3O3/c1-31-21-12-11-17-15-28(14-13-18(17)23(21)29)25(30)22-19-9-5-6-10-20(19)26-24(27-22)16-7-3-2-4-8-16/h2-12,29H,13-15H2,1H3. The quantitative estimate of drug-likeness (QED) is 0.547. The van der Waals surface area contributed by atoms with Gasteiger partial charge in [-0.2, -0.15) is 0 Å². The monoisotopic (exact) mass is 411 g/mol. The number of carbonyl (C=O) groups is 1. The van der Waals surface area contributed by atoms with Crippen molar-refractivity contribution >= 4 is 16.8 Å². The molecule has 0 radical (unpaired) electrons. The van der Waals surface area contributed by atoms with E-state index in [9.17, 15) is 9.90 Å². The summed E-state index contributed by atoms with van der Waals surface area (Å²) < 4.78 is 5.21. The molecule has 0 saturated heterocycles. The lowest BCUT2D eigenvalue weighted by Gasteiger charge is -2.29. The highest BCUT2D eigenvalue weighted by Crippen LogP contribution is 2.36. The van der Waals surface area contributed by atoms with Crippen molar-refractivity contribution in [2.75, 3.05) is 13.7 Å². The smallest absolute Gasteiger partial charge is 0.273 e. The van der Waals surface area contributed by atoms with Gasteiger partial charge in [-0.1, -0.05) is 54.6 Å². The molecule has 1 aliphatic rings. The minimum atomic E-state index is -0.142. The molecule has 2 heterocycles. The second-order valence-electron chi connectivity index (χ2n) is 7.51. The second kappa shape index (κ2) is 7.72. The Labute approximate surface area is 179 Å². The van der Waals surface area contributed by atoms with Crippen LogP contribution < -0.4 is 4.74 Å². The number of aromatic nitrogens is 2. The fraction of sp³-hybridized carbons (Fsp3) is 0.160. The van der Waals surface area contributed by atoms with E-state index in [1.54, 1.807) is 11.0 Å². The van der Waals surface area contributed by atoms with E-state index in [0.29, 0.717) is 36.8 Å². The van der Waals surface area contributed by atoms with Crippen LogP contribution in [0.25, 0.3) is 22.3 Å². The van der Waals surface area contributed by atoms with E-state index in [0.717, 1.165) is 27.6 Å². The Morgan fingerprint density at radius 1 is 1.00 bits per heavy atom. The lowest BCUT2D eigenvalue weighted by Crippen LogP contribution is -2.36. The van der Waals surface area contributed by atoms with Crippen LogP contribution in [-0.4, -0.2) is 39.5 Å². The molecule has 0 aliphatic carbocycles. The van der Waals surface area contributed by atoms with Crippen LogP contribution in [-0.2, 0) is 13.0 Å². The van der Waals surface area contributed by atoms with E-state index in [-0.39, 0.29) is 11.7 Å². The maximum atomic E-state index is 13.6. The average molecular weight is 411 g/mol. The molecule has 3 aromatic carbocycles. The Morgan fingerprint density at radius 2 is 1.77 bits per heavy atom. The average Bonchev–Trinajstić information content (AvgIpc) is 2.83. The van der Waals surface area contributed by atoms with Crippen molar-refractivity contribution in [1.82, 2.24) is 14.9 Å². The molecule has 1 amide bonds. The molecule has 0 saturated carbocycles. The highest BCUT2D eigenvalue weighted by atomic mass is 16.5. The topological polar surface area (TPSA) is 75.6 Å². The molecule has 0 bridgehead atoms. The highest BCUT2D eigenvalue weighted by Gasteiger charge is 2.27. The Kier molecular flexibility index (Phi) is 4.75. The van der Waals surface area contributed by atoms with Crippen molar-refractivity contribution in [1.29, 1.82) is 0 Å². The van der Waals surface area contributed by atoms with E-state index in [2.05, 4.69) is 9.97 Å². The Bertz CT molecular complexity index is 1290. The minimum Gasteiger partial charge on any atom is -0.504 e. The molecule has 4 aromatic rings. The molecular formula is C25H21N3O3. The van der Waals surface area contributed by atoms with Gasteiger partial charge >= 0.3 is 0 Å². The van der Waals surface area contributed by atoms with Gasteiger partial charge in [0, 0.05) is 29.6 Å². The maximum Gasteiger partial charge on any atom is 0.273 e. The molecule has 0 spiro atoms. The summed E-state index contributed by atoms with van der Waals surface area (Å²) in [6.45, 7) is 0.899. The van der Waals surface area contributed by atoms with Gasteiger partial charge in [0.1, 0.15) is 5.69 Å². The van der Waals surface area contributed by atoms with E-state index in [1.165, 1.54) is 7.11 Å². The van der Waals surface area contributed by atoms with E-state index in [1.807, 2.05) is 60.7 Å². The molecule has 1 aliphatic heterocycles. The first-order valence-electron chi connectivity index (χ1n) is 10.1. The number of aromatic hydroxyl groups is 1. The van der Waals surface area contributed by atoms with Gasteiger partial charge in [-0.3, -0.25) is 4.79 Å². The van der Waals surface area contributed by atoms with Gasteiger partial charge in [0.25, 0.3) is 5.91 Å². The third kappa shape index (κ3) is 3.36. The van der Waals surface area contributed by atoms with Crippen molar-refractivity contribution in [3.63, 3.8) is 0 Å². The number of amides is 1. The summed E-state index contributed by atoms with van der Waals surface area (Å²) in [5.41, 5.74) is 3.74. The number of ether oxygens (including phenoxy) is 1. The number of phenolic OH excluding ortho intramolecular Hbond substituents is 1. The summed E-state index contributed by atoms with van der Waals surface area (Å²) >= 11 is 0. The van der Waals surface area contributed by atoms with Gasteiger partial charge in [-0.15, -0.1) is 0 Å². The summed E-state index contributed by atoms with van der Waals surface area (Å²) in [6, 6.07) is 20.9. The van der Waals surface area contributed by atoms with Crippen LogP contribution in [0.3, 0.4) is 0 Å². The number of phenols is 1. The fourth-order valence-electron chi connectivity index (χ4n) is 4.06. The predicted molar refractivity (Wildman–Crippen MR) is 118 cm³/mol. The van der Waals surface area contributed by atoms with Crippen molar-refractivity contribution in [2.24, 2.45) is 0 Å². The lowest BCUT2D eigenvalue weighted by atomic mass is 9.97. The SMILES string of the molecule is COc1ccc2c(c1O)CCN(C(=O)c1nc(-c3ccccc3)nc3ccccc13)C2. The molecule has 0 fully saturated rings. The van der Waals surface area contributed by atoms with E-state index < -0.39 is 0 Å². The number of methoxy groups -OCH3 is 1. The largest absolute Gasteiger partial charge is 0.504 e. The molecule has 1 N–H and O–H groups in total. The van der Waals surface area contributed by atoms with Gasteiger partial charge in [0.05, 0.1) is 12.6 Å². The van der Waals surface area contributed by atoms with Crippen LogP contribution >= 0.6 is 0 Å². The Morgan fingerprint density at radius 3 is 2.58 bits per heavy atom. The zero-order valence-electron chi connectivity index (χ0n) is 17.1. The molecule has 0 unspecified atom stereocenters. The molecule has 154 valence electrons. The number of nitrogens with zero attached hydrogens (tertiary/aromatic N) is 3. The number of fused-ring (bicyclic) bond motifs is 2. The van der Waals surface area contributed by atoms with Crippen LogP contribution in [0.1, 0.15) is 21.6 Å². The van der Waals surface area contributed by atoms with Crippen LogP contribution in [0.5, 0.6) is 11.5 Å².